The predicted octanol–water partition coefficient (Wildman–Crippen LogP) is 3.00. The number of nitrogens with zero attached hydrogens (tertiary/aromatic N) is 1. The molecule has 1 N–H and O–H groups in total. The van der Waals surface area contributed by atoms with Crippen LogP contribution >= 0.6 is 0 Å². The van der Waals surface area contributed by atoms with Crippen molar-refractivity contribution in [2.75, 3.05) is 6.54 Å². The lowest BCUT2D eigenvalue weighted by molar-refractivity contribution is -0.127. The number of hydrogen-bond donors (Lipinski definition) is 1. The first kappa shape index (κ1) is 15.4. The molecule has 4 rings (SSSR count). The van der Waals surface area contributed by atoms with Crippen LogP contribution in [0.4, 0.5) is 0 Å². The van der Waals surface area contributed by atoms with E-state index >= 15 is 0 Å². The molecule has 1 aliphatic heterocycles. The summed E-state index contributed by atoms with van der Waals surface area (Å²) in [5, 5.41) is 2.91. The van der Waals surface area contributed by atoms with Crippen molar-refractivity contribution in [3.05, 3.63) is 72.1 Å². The lowest BCUT2D eigenvalue weighted by Crippen LogP contribution is -2.38. The SMILES string of the molecule is O=C(NCCc1coc(-c2ccccc2)n1)C1Cc2ccccc2O1. The maximum absolute atomic E-state index is 12.3. The summed E-state index contributed by atoms with van der Waals surface area (Å²) in [6, 6.07) is 17.5. The van der Waals surface area contributed by atoms with Gasteiger partial charge >= 0.3 is 0 Å². The minimum absolute atomic E-state index is 0.0945. The van der Waals surface area contributed by atoms with Crippen molar-refractivity contribution in [2.45, 2.75) is 18.9 Å². The second kappa shape index (κ2) is 6.81. The summed E-state index contributed by atoms with van der Waals surface area (Å²) in [5.41, 5.74) is 2.83. The molecule has 3 aromatic rings. The second-order valence-electron chi connectivity index (χ2n) is 5.97. The number of hydrogen-bond acceptors (Lipinski definition) is 4. The molecule has 1 atom stereocenters. The number of amides is 1. The fraction of sp³-hybridized carbons (Fsp3) is 0.200. The van der Waals surface area contributed by atoms with E-state index in [1.165, 1.54) is 0 Å². The van der Waals surface area contributed by atoms with E-state index in [2.05, 4.69) is 10.3 Å². The van der Waals surface area contributed by atoms with E-state index in [1.54, 1.807) is 6.26 Å². The Morgan fingerprint density at radius 2 is 1.92 bits per heavy atom. The maximum Gasteiger partial charge on any atom is 0.261 e. The number of rotatable bonds is 5. The molecule has 2 aromatic carbocycles. The molecule has 126 valence electrons. The van der Waals surface area contributed by atoms with Crippen LogP contribution < -0.4 is 10.1 Å². The topological polar surface area (TPSA) is 64.4 Å². The number of benzene rings is 2. The van der Waals surface area contributed by atoms with Crippen LogP contribution in [0.2, 0.25) is 0 Å². The van der Waals surface area contributed by atoms with Gasteiger partial charge < -0.3 is 14.5 Å². The number of carbonyl (C=O) groups excluding carboxylic acids is 1. The van der Waals surface area contributed by atoms with E-state index in [1.807, 2.05) is 54.6 Å². The van der Waals surface area contributed by atoms with Gasteiger partial charge in [-0.05, 0) is 23.8 Å². The molecule has 1 amide bonds. The molecule has 0 saturated heterocycles. The summed E-state index contributed by atoms with van der Waals surface area (Å²) in [4.78, 5) is 16.7. The van der Waals surface area contributed by atoms with Crippen LogP contribution in [-0.2, 0) is 17.6 Å². The number of aromatic nitrogens is 1. The largest absolute Gasteiger partial charge is 0.480 e. The van der Waals surface area contributed by atoms with Gasteiger partial charge in [0.1, 0.15) is 12.0 Å². The van der Waals surface area contributed by atoms with E-state index in [0.29, 0.717) is 25.3 Å². The normalized spacial score (nSPS) is 15.4. The van der Waals surface area contributed by atoms with Crippen molar-refractivity contribution in [3.8, 4) is 17.2 Å². The lowest BCUT2D eigenvalue weighted by atomic mass is 10.1. The van der Waals surface area contributed by atoms with Gasteiger partial charge in [0, 0.05) is 24.9 Å². The highest BCUT2D eigenvalue weighted by Gasteiger charge is 2.28. The zero-order valence-electron chi connectivity index (χ0n) is 13.6. The number of oxazole rings is 1. The molecule has 0 spiro atoms. The van der Waals surface area contributed by atoms with Crippen molar-refractivity contribution in [1.29, 1.82) is 0 Å². The summed E-state index contributed by atoms with van der Waals surface area (Å²) in [7, 11) is 0. The van der Waals surface area contributed by atoms with Crippen molar-refractivity contribution in [3.63, 3.8) is 0 Å². The number of fused-ring (bicyclic) bond motifs is 1. The summed E-state index contributed by atoms with van der Waals surface area (Å²) >= 11 is 0. The number of carbonyl (C=O) groups is 1. The highest BCUT2D eigenvalue weighted by atomic mass is 16.5. The van der Waals surface area contributed by atoms with Gasteiger partial charge in [0.25, 0.3) is 5.91 Å². The zero-order chi connectivity index (χ0) is 17.1. The van der Waals surface area contributed by atoms with Gasteiger partial charge in [-0.2, -0.15) is 0 Å². The van der Waals surface area contributed by atoms with Gasteiger partial charge in [-0.25, -0.2) is 4.98 Å². The van der Waals surface area contributed by atoms with E-state index in [9.17, 15) is 4.79 Å². The lowest BCUT2D eigenvalue weighted by Gasteiger charge is -2.10. The van der Waals surface area contributed by atoms with Crippen molar-refractivity contribution < 1.29 is 13.9 Å². The Bertz CT molecular complexity index is 848. The third-order valence-corrected chi connectivity index (χ3v) is 4.19. The predicted molar refractivity (Wildman–Crippen MR) is 93.2 cm³/mol. The molecular weight excluding hydrogens is 316 g/mol. The minimum Gasteiger partial charge on any atom is -0.480 e. The van der Waals surface area contributed by atoms with E-state index < -0.39 is 6.10 Å². The number of nitrogens with one attached hydrogen (secondary N) is 1. The van der Waals surface area contributed by atoms with Gasteiger partial charge in [0.05, 0.1) is 5.69 Å². The minimum atomic E-state index is -0.449. The zero-order valence-corrected chi connectivity index (χ0v) is 13.6. The van der Waals surface area contributed by atoms with Crippen molar-refractivity contribution in [1.82, 2.24) is 10.3 Å². The molecule has 0 bridgehead atoms. The number of ether oxygens (including phenoxy) is 1. The maximum atomic E-state index is 12.3. The Balaban J connectivity index is 1.29. The molecule has 1 unspecified atom stereocenters. The van der Waals surface area contributed by atoms with E-state index in [-0.39, 0.29) is 5.91 Å². The summed E-state index contributed by atoms with van der Waals surface area (Å²) in [6.45, 7) is 0.496. The van der Waals surface area contributed by atoms with Gasteiger partial charge in [-0.3, -0.25) is 4.79 Å². The monoisotopic (exact) mass is 334 g/mol. The van der Waals surface area contributed by atoms with Gasteiger partial charge in [0.15, 0.2) is 6.10 Å². The Hall–Kier alpha value is -3.08. The second-order valence-corrected chi connectivity index (χ2v) is 5.97. The highest BCUT2D eigenvalue weighted by molar-refractivity contribution is 5.82. The van der Waals surface area contributed by atoms with Crippen LogP contribution in [0.15, 0.2) is 65.3 Å². The first-order chi connectivity index (χ1) is 12.3. The van der Waals surface area contributed by atoms with Crippen LogP contribution in [0.1, 0.15) is 11.3 Å². The van der Waals surface area contributed by atoms with Gasteiger partial charge in [0.2, 0.25) is 5.89 Å². The molecular formula is C20H18N2O3. The molecule has 5 nitrogen and oxygen atoms in total. The smallest absolute Gasteiger partial charge is 0.261 e. The fourth-order valence-corrected chi connectivity index (χ4v) is 2.89. The molecule has 1 aliphatic rings. The van der Waals surface area contributed by atoms with Crippen LogP contribution in [-0.4, -0.2) is 23.5 Å². The molecule has 25 heavy (non-hydrogen) atoms. The van der Waals surface area contributed by atoms with E-state index in [4.69, 9.17) is 9.15 Å². The molecule has 0 radical (unpaired) electrons. The highest BCUT2D eigenvalue weighted by Crippen LogP contribution is 2.28. The van der Waals surface area contributed by atoms with E-state index in [0.717, 1.165) is 22.6 Å². The molecule has 1 aromatic heterocycles. The summed E-state index contributed by atoms with van der Waals surface area (Å²) < 4.78 is 11.2. The third kappa shape index (κ3) is 3.40. The quantitative estimate of drug-likeness (QED) is 0.779. The average molecular weight is 334 g/mol. The van der Waals surface area contributed by atoms with Crippen LogP contribution in [0.5, 0.6) is 5.75 Å². The Kier molecular flexibility index (Phi) is 4.21. The molecule has 2 heterocycles. The number of para-hydroxylation sites is 1. The Labute approximate surface area is 145 Å². The molecule has 0 saturated carbocycles. The van der Waals surface area contributed by atoms with Gasteiger partial charge in [-0.1, -0.05) is 36.4 Å². The summed E-state index contributed by atoms with van der Waals surface area (Å²) in [6.07, 6.45) is 2.41. The molecule has 0 aliphatic carbocycles. The van der Waals surface area contributed by atoms with Crippen LogP contribution in [0.25, 0.3) is 11.5 Å². The fourth-order valence-electron chi connectivity index (χ4n) is 2.89. The van der Waals surface area contributed by atoms with Crippen LogP contribution in [0.3, 0.4) is 0 Å². The Morgan fingerprint density at radius 3 is 2.76 bits per heavy atom. The first-order valence-electron chi connectivity index (χ1n) is 8.32. The first-order valence-corrected chi connectivity index (χ1v) is 8.32. The van der Waals surface area contributed by atoms with Gasteiger partial charge in [-0.15, -0.1) is 0 Å². The van der Waals surface area contributed by atoms with Crippen molar-refractivity contribution >= 4 is 5.91 Å². The third-order valence-electron chi connectivity index (χ3n) is 4.19. The Morgan fingerprint density at radius 1 is 1.12 bits per heavy atom. The standard InChI is InChI=1S/C20H18N2O3/c23-19(18-12-15-8-4-5-9-17(15)25-18)21-11-10-16-13-24-20(22-16)14-6-2-1-3-7-14/h1-9,13,18H,10-12H2,(H,21,23). The van der Waals surface area contributed by atoms with Crippen LogP contribution in [0, 0.1) is 0 Å². The molecule has 0 fully saturated rings. The summed E-state index contributed by atoms with van der Waals surface area (Å²) in [5.74, 6) is 1.30. The van der Waals surface area contributed by atoms with Crippen molar-refractivity contribution in [2.24, 2.45) is 0 Å². The molecule has 5 heteroatoms. The average Bonchev–Trinajstić information content (AvgIpc) is 3.29.